The van der Waals surface area contributed by atoms with Crippen LogP contribution in [0.2, 0.25) is 0 Å². The summed E-state index contributed by atoms with van der Waals surface area (Å²) in [7, 11) is 3.69. The van der Waals surface area contributed by atoms with Gasteiger partial charge in [0.15, 0.2) is 21.2 Å². The summed E-state index contributed by atoms with van der Waals surface area (Å²) in [5.74, 6) is 0. The molecule has 0 fully saturated rings. The summed E-state index contributed by atoms with van der Waals surface area (Å²) in [4.78, 5) is 0. The van der Waals surface area contributed by atoms with Crippen molar-refractivity contribution in [2.24, 2.45) is 28.2 Å². The molecule has 0 atom stereocenters. The van der Waals surface area contributed by atoms with E-state index in [2.05, 4.69) is 95.0 Å². The maximum atomic E-state index is 10.7. The van der Waals surface area contributed by atoms with Crippen molar-refractivity contribution in [2.75, 3.05) is 0 Å². The third-order valence-electron chi connectivity index (χ3n) is 4.89. The number of imidazole rings is 2. The molecule has 0 amide bonds. The topological polar surface area (TPSA) is 75.9 Å². The van der Waals surface area contributed by atoms with Crippen LogP contribution in [0.5, 0.6) is 0 Å². The maximum absolute atomic E-state index is 10.7. The molecule has 2 heterocycles. The molecule has 2 aromatic carbocycles. The lowest BCUT2D eigenvalue weighted by Crippen LogP contribution is -2.42. The number of benzene rings is 2. The van der Waals surface area contributed by atoms with Crippen molar-refractivity contribution in [1.29, 1.82) is 0 Å². The fraction of sp³-hybridized carbons (Fsp3) is 0.263. The molecule has 0 radical (unpaired) electrons. The van der Waals surface area contributed by atoms with Crippen LogP contribution >= 0.6 is 8.20 Å². The largest absolute Gasteiger partial charge is 0.741 e. The number of aryl methyl sites for hydroxylation is 4. The van der Waals surface area contributed by atoms with Gasteiger partial charge in [-0.25, -0.2) is 17.6 Å². The SMILES string of the molecule is Cn1c(P=c2n(C)c3ccccc3n2C)[n+](C)c2ccccc21.O=S(=O)([O-])C(F)(F)F. The number of halogens is 3. The monoisotopic (exact) mass is 472 g/mol. The van der Waals surface area contributed by atoms with Crippen LogP contribution in [-0.4, -0.2) is 32.2 Å². The van der Waals surface area contributed by atoms with Gasteiger partial charge in [-0.1, -0.05) is 24.3 Å². The average Bonchev–Trinajstić information content (AvgIpc) is 3.08. The highest BCUT2D eigenvalue weighted by atomic mass is 32.2. The van der Waals surface area contributed by atoms with E-state index in [1.807, 2.05) is 0 Å². The summed E-state index contributed by atoms with van der Waals surface area (Å²) >= 11 is 0. The van der Waals surface area contributed by atoms with Gasteiger partial charge in [-0.3, -0.25) is 0 Å². The van der Waals surface area contributed by atoms with Crippen molar-refractivity contribution in [3.63, 3.8) is 0 Å². The molecule has 0 unspecified atom stereocenters. The summed E-state index contributed by atoms with van der Waals surface area (Å²) in [6.45, 7) is 0. The zero-order valence-electron chi connectivity index (χ0n) is 17.1. The molecule has 31 heavy (non-hydrogen) atoms. The number of alkyl halides is 3. The van der Waals surface area contributed by atoms with Gasteiger partial charge in [-0.05, 0) is 24.3 Å². The van der Waals surface area contributed by atoms with E-state index in [1.165, 1.54) is 41.0 Å². The third kappa shape index (κ3) is 4.26. The van der Waals surface area contributed by atoms with E-state index in [0.29, 0.717) is 0 Å². The van der Waals surface area contributed by atoms with E-state index < -0.39 is 15.6 Å². The molecule has 0 aliphatic carbocycles. The Hall–Kier alpha value is -2.62. The Bertz CT molecular complexity index is 1370. The Morgan fingerprint density at radius 1 is 0.871 bits per heavy atom. The average molecular weight is 472 g/mol. The van der Waals surface area contributed by atoms with E-state index in [0.717, 1.165) is 0 Å². The number of hydrogen-bond acceptors (Lipinski definition) is 3. The number of aromatic nitrogens is 4. The van der Waals surface area contributed by atoms with Crippen LogP contribution in [0.15, 0.2) is 48.5 Å². The van der Waals surface area contributed by atoms with E-state index in [-0.39, 0.29) is 0 Å². The first-order valence-electron chi connectivity index (χ1n) is 8.95. The van der Waals surface area contributed by atoms with Gasteiger partial charge >= 0.3 is 11.1 Å². The minimum absolute atomic E-state index is 1.19. The molecule has 4 rings (SSSR count). The number of hydrogen-bond donors (Lipinski definition) is 0. The summed E-state index contributed by atoms with van der Waals surface area (Å²) in [5, 5.41) is 1.27. The Labute approximate surface area is 178 Å². The van der Waals surface area contributed by atoms with Crippen LogP contribution in [0.1, 0.15) is 0 Å². The summed E-state index contributed by atoms with van der Waals surface area (Å²) in [6.07, 6.45) is 0. The van der Waals surface area contributed by atoms with Crippen LogP contribution in [0.4, 0.5) is 13.2 Å². The molecule has 4 aromatic rings. The van der Waals surface area contributed by atoms with Crippen LogP contribution < -0.4 is 10.1 Å². The Kier molecular flexibility index (Phi) is 6.05. The van der Waals surface area contributed by atoms with E-state index >= 15 is 0 Å². The molecule has 7 nitrogen and oxygen atoms in total. The molecule has 0 saturated heterocycles. The third-order valence-corrected chi connectivity index (χ3v) is 7.06. The molecule has 2 aromatic heterocycles. The smallest absolute Gasteiger partial charge is 0.485 e. The van der Waals surface area contributed by atoms with Gasteiger partial charge in [0, 0.05) is 14.1 Å². The van der Waals surface area contributed by atoms with E-state index in [9.17, 15) is 13.2 Å². The molecule has 166 valence electrons. The van der Waals surface area contributed by atoms with Gasteiger partial charge in [-0.15, -0.1) is 0 Å². The van der Waals surface area contributed by atoms with Gasteiger partial charge in [0.1, 0.15) is 5.20 Å². The zero-order valence-corrected chi connectivity index (χ0v) is 18.8. The van der Waals surface area contributed by atoms with Crippen LogP contribution in [-0.2, 0) is 38.3 Å². The molecule has 0 N–H and O–H groups in total. The summed E-state index contributed by atoms with van der Waals surface area (Å²) < 4.78 is 68.0. The second-order valence-electron chi connectivity index (χ2n) is 6.83. The van der Waals surface area contributed by atoms with E-state index in [1.54, 1.807) is 0 Å². The van der Waals surface area contributed by atoms with E-state index in [4.69, 9.17) is 13.0 Å². The van der Waals surface area contributed by atoms with Gasteiger partial charge in [0.2, 0.25) is 0 Å². The molecule has 12 heteroatoms. The van der Waals surface area contributed by atoms with Crippen molar-refractivity contribution in [1.82, 2.24) is 13.7 Å². The highest BCUT2D eigenvalue weighted by molar-refractivity contribution is 7.86. The first-order chi connectivity index (χ1) is 14.3. The van der Waals surface area contributed by atoms with Crippen molar-refractivity contribution >= 4 is 46.0 Å². The normalized spacial score (nSPS) is 12.4. The highest BCUT2D eigenvalue weighted by Crippen LogP contribution is 2.20. The second-order valence-corrected chi connectivity index (χ2v) is 9.22. The number of nitrogens with zero attached hydrogens (tertiary/aromatic N) is 4. The lowest BCUT2D eigenvalue weighted by atomic mass is 10.3. The number of fused-ring (bicyclic) bond motifs is 2. The van der Waals surface area contributed by atoms with Crippen molar-refractivity contribution in [3.8, 4) is 0 Å². The van der Waals surface area contributed by atoms with Crippen molar-refractivity contribution < 1.29 is 30.7 Å². The minimum Gasteiger partial charge on any atom is -0.741 e. The quantitative estimate of drug-likeness (QED) is 0.185. The van der Waals surface area contributed by atoms with Crippen LogP contribution in [0.25, 0.3) is 22.1 Å². The molecule has 0 aliphatic heterocycles. The predicted octanol–water partition coefficient (Wildman–Crippen LogP) is 2.69. The fourth-order valence-corrected chi connectivity index (χ4v) is 4.54. The zero-order chi connectivity index (χ0) is 23.1. The standard InChI is InChI=1S/C18H20N4P.CHF3O3S/c1-19-13-9-5-6-10-14(13)20(2)17(19)23-18-21(3)15-11-7-8-12-16(15)22(18)4;2-1(3,4)8(5,6)7/h5-12H,1-4H3;(H,5,6,7)/q+1;/p-1. The molecule has 0 spiro atoms. The Balaban J connectivity index is 0.000000293. The molecular formula is C19H20F3N4O3PS. The molecule has 0 saturated carbocycles. The fourth-order valence-electron chi connectivity index (χ4n) is 3.33. The highest BCUT2D eigenvalue weighted by Gasteiger charge is 2.36. The number of para-hydroxylation sites is 4. The second kappa shape index (κ2) is 8.14. The van der Waals surface area contributed by atoms with Gasteiger partial charge in [-0.2, -0.15) is 13.2 Å². The Morgan fingerprint density at radius 2 is 1.29 bits per heavy atom. The first-order valence-corrected chi connectivity index (χ1v) is 11.3. The van der Waals surface area contributed by atoms with Gasteiger partial charge in [0.25, 0.3) is 0 Å². The van der Waals surface area contributed by atoms with Crippen LogP contribution in [0.3, 0.4) is 0 Å². The van der Waals surface area contributed by atoms with Crippen molar-refractivity contribution in [2.45, 2.75) is 5.51 Å². The lowest BCUT2D eigenvalue weighted by Gasteiger charge is -2.08. The van der Waals surface area contributed by atoms with Crippen molar-refractivity contribution in [3.05, 3.63) is 53.7 Å². The molecular weight excluding hydrogens is 452 g/mol. The summed E-state index contributed by atoms with van der Waals surface area (Å²) in [5.41, 5.74) is 0.677. The van der Waals surface area contributed by atoms with Crippen LogP contribution in [0, 0.1) is 5.20 Å². The lowest BCUT2D eigenvalue weighted by molar-refractivity contribution is -0.626. The maximum Gasteiger partial charge on any atom is 0.485 e. The summed E-state index contributed by atoms with van der Waals surface area (Å²) in [6, 6.07) is 17.1. The molecule has 0 aliphatic rings. The predicted molar refractivity (Wildman–Crippen MR) is 112 cm³/mol. The minimum atomic E-state index is -6.09. The molecule has 0 bridgehead atoms. The van der Waals surface area contributed by atoms with Gasteiger partial charge < -0.3 is 13.7 Å². The number of rotatable bonds is 1. The Morgan fingerprint density at radius 3 is 1.71 bits per heavy atom. The first kappa shape index (κ1) is 23.1. The van der Waals surface area contributed by atoms with Gasteiger partial charge in [0.05, 0.1) is 33.3 Å².